The molecule has 1 aromatic carbocycles. The summed E-state index contributed by atoms with van der Waals surface area (Å²) in [6.45, 7) is 15.0. The Hall–Kier alpha value is -1.88. The lowest BCUT2D eigenvalue weighted by Gasteiger charge is -2.17. The number of hydrogen-bond donors (Lipinski definition) is 0. The largest absolute Gasteiger partial charge is 0.462 e. The lowest BCUT2D eigenvalue weighted by Crippen LogP contribution is -2.19. The number of hydrogen-bond acceptors (Lipinski definition) is 5. The average molecular weight is 465 g/mol. The van der Waals surface area contributed by atoms with E-state index in [1.165, 1.54) is 0 Å². The predicted octanol–water partition coefficient (Wildman–Crippen LogP) is 7.48. The van der Waals surface area contributed by atoms with Crippen LogP contribution in [0.15, 0.2) is 24.3 Å². The molecule has 0 saturated heterocycles. The molecule has 1 aromatic rings. The fourth-order valence-electron chi connectivity index (χ4n) is 3.38. The summed E-state index contributed by atoms with van der Waals surface area (Å²) in [4.78, 5) is 25.1. The third-order valence-corrected chi connectivity index (χ3v) is 5.76. The van der Waals surface area contributed by atoms with Crippen molar-refractivity contribution in [2.24, 2.45) is 11.8 Å². The maximum absolute atomic E-state index is 12.6. The molecule has 0 spiro atoms. The van der Waals surface area contributed by atoms with Gasteiger partial charge in [-0.2, -0.15) is 0 Å². The van der Waals surface area contributed by atoms with Crippen molar-refractivity contribution >= 4 is 11.9 Å². The van der Waals surface area contributed by atoms with Gasteiger partial charge in [0.05, 0.1) is 24.3 Å². The van der Waals surface area contributed by atoms with Gasteiger partial charge in [0.2, 0.25) is 0 Å². The third kappa shape index (κ3) is 14.1. The molecule has 0 bridgehead atoms. The third-order valence-electron chi connectivity index (χ3n) is 5.76. The minimum Gasteiger partial charge on any atom is -0.462 e. The summed E-state index contributed by atoms with van der Waals surface area (Å²) < 4.78 is 15.9. The Morgan fingerprint density at radius 2 is 1.09 bits per heavy atom. The number of unbranched alkanes of at least 4 members (excludes halogenated alkanes) is 2. The van der Waals surface area contributed by atoms with Crippen LogP contribution in [0.5, 0.6) is 0 Å². The number of ether oxygens (including phenoxy) is 3. The van der Waals surface area contributed by atoms with Gasteiger partial charge < -0.3 is 14.2 Å². The SMILES string of the molecule is CCCCC(CC)COC(=O)c1ccccc1C(=O)OCC(CC)CCCC.CCOCC. The van der Waals surface area contributed by atoms with Gasteiger partial charge in [-0.25, -0.2) is 9.59 Å². The van der Waals surface area contributed by atoms with Crippen LogP contribution < -0.4 is 0 Å². The number of carbonyl (C=O) groups excluding carboxylic acids is 2. The highest BCUT2D eigenvalue weighted by molar-refractivity contribution is 6.03. The summed E-state index contributed by atoms with van der Waals surface area (Å²) in [7, 11) is 0. The van der Waals surface area contributed by atoms with Gasteiger partial charge in [-0.1, -0.05) is 78.4 Å². The van der Waals surface area contributed by atoms with E-state index in [1.807, 2.05) is 13.8 Å². The molecule has 0 aliphatic carbocycles. The Bertz CT molecular complexity index is 575. The molecule has 0 aromatic heterocycles. The van der Waals surface area contributed by atoms with Crippen LogP contribution in [-0.2, 0) is 14.2 Å². The van der Waals surface area contributed by atoms with Gasteiger partial charge in [0.1, 0.15) is 0 Å². The first kappa shape index (κ1) is 31.1. The molecule has 0 aliphatic heterocycles. The Kier molecular flexibility index (Phi) is 19.5. The molecule has 33 heavy (non-hydrogen) atoms. The number of esters is 2. The van der Waals surface area contributed by atoms with E-state index in [0.717, 1.165) is 64.6 Å². The second kappa shape index (κ2) is 20.7. The molecule has 190 valence electrons. The van der Waals surface area contributed by atoms with E-state index in [1.54, 1.807) is 24.3 Å². The summed E-state index contributed by atoms with van der Waals surface area (Å²) >= 11 is 0. The van der Waals surface area contributed by atoms with Crippen LogP contribution in [0.25, 0.3) is 0 Å². The quantitative estimate of drug-likeness (QED) is 0.237. The zero-order chi connectivity index (χ0) is 24.9. The van der Waals surface area contributed by atoms with E-state index in [4.69, 9.17) is 14.2 Å². The molecule has 0 amide bonds. The van der Waals surface area contributed by atoms with Crippen LogP contribution in [0.3, 0.4) is 0 Å². The summed E-state index contributed by atoms with van der Waals surface area (Å²) in [6.07, 6.45) is 8.61. The first-order chi connectivity index (χ1) is 16.0. The molecule has 5 heteroatoms. The highest BCUT2D eigenvalue weighted by Gasteiger charge is 2.21. The zero-order valence-electron chi connectivity index (χ0n) is 22.0. The van der Waals surface area contributed by atoms with E-state index in [9.17, 15) is 9.59 Å². The van der Waals surface area contributed by atoms with E-state index < -0.39 is 11.9 Å². The van der Waals surface area contributed by atoms with Crippen molar-refractivity contribution in [3.05, 3.63) is 35.4 Å². The Morgan fingerprint density at radius 3 is 1.36 bits per heavy atom. The van der Waals surface area contributed by atoms with Gasteiger partial charge in [0.25, 0.3) is 0 Å². The molecular formula is C28H48O5. The zero-order valence-corrected chi connectivity index (χ0v) is 22.0. The molecule has 5 nitrogen and oxygen atoms in total. The molecule has 0 saturated carbocycles. The van der Waals surface area contributed by atoms with Gasteiger partial charge in [-0.3, -0.25) is 0 Å². The highest BCUT2D eigenvalue weighted by Crippen LogP contribution is 2.18. The van der Waals surface area contributed by atoms with E-state index in [0.29, 0.717) is 36.2 Å². The van der Waals surface area contributed by atoms with Gasteiger partial charge >= 0.3 is 11.9 Å². The Labute approximate surface area is 202 Å². The van der Waals surface area contributed by atoms with Crippen molar-refractivity contribution in [3.63, 3.8) is 0 Å². The standard InChI is InChI=1S/C24H38O4.C4H10O/c1-5-9-13-19(7-3)17-27-23(25)21-15-11-12-16-22(21)24(26)28-18-20(8-4)14-10-6-2;1-3-5-4-2/h11-12,15-16,19-20H,5-10,13-14,17-18H2,1-4H3;3-4H2,1-2H3. The van der Waals surface area contributed by atoms with Gasteiger partial charge in [0.15, 0.2) is 0 Å². The van der Waals surface area contributed by atoms with Crippen molar-refractivity contribution in [2.75, 3.05) is 26.4 Å². The first-order valence-corrected chi connectivity index (χ1v) is 13.0. The Morgan fingerprint density at radius 1 is 0.697 bits per heavy atom. The van der Waals surface area contributed by atoms with Gasteiger partial charge in [-0.05, 0) is 50.7 Å². The fourth-order valence-corrected chi connectivity index (χ4v) is 3.38. The van der Waals surface area contributed by atoms with Gasteiger partial charge in [0, 0.05) is 13.2 Å². The number of carbonyl (C=O) groups is 2. The van der Waals surface area contributed by atoms with Crippen molar-refractivity contribution in [3.8, 4) is 0 Å². The molecule has 1 rings (SSSR count). The van der Waals surface area contributed by atoms with Crippen molar-refractivity contribution in [2.45, 2.75) is 92.9 Å². The maximum Gasteiger partial charge on any atom is 0.339 e. The minimum absolute atomic E-state index is 0.291. The highest BCUT2D eigenvalue weighted by atomic mass is 16.5. The Balaban J connectivity index is 0.00000184. The monoisotopic (exact) mass is 464 g/mol. The van der Waals surface area contributed by atoms with Crippen LogP contribution in [-0.4, -0.2) is 38.4 Å². The molecule has 2 unspecified atom stereocenters. The van der Waals surface area contributed by atoms with Crippen molar-refractivity contribution < 1.29 is 23.8 Å². The molecule has 0 radical (unpaired) electrons. The molecule has 0 fully saturated rings. The number of benzene rings is 1. The molecule has 0 heterocycles. The van der Waals surface area contributed by atoms with Crippen LogP contribution >= 0.6 is 0 Å². The van der Waals surface area contributed by atoms with Crippen LogP contribution in [0, 0.1) is 11.8 Å². The molecule has 0 N–H and O–H groups in total. The van der Waals surface area contributed by atoms with E-state index in [2.05, 4.69) is 27.7 Å². The topological polar surface area (TPSA) is 61.8 Å². The van der Waals surface area contributed by atoms with E-state index in [-0.39, 0.29) is 0 Å². The molecule has 2 atom stereocenters. The smallest absolute Gasteiger partial charge is 0.339 e. The van der Waals surface area contributed by atoms with Gasteiger partial charge in [-0.15, -0.1) is 0 Å². The summed E-state index contributed by atoms with van der Waals surface area (Å²) in [5.74, 6) is -0.153. The second-order valence-corrected chi connectivity index (χ2v) is 8.36. The summed E-state index contributed by atoms with van der Waals surface area (Å²) in [5.41, 5.74) is 0.582. The first-order valence-electron chi connectivity index (χ1n) is 13.0. The van der Waals surface area contributed by atoms with Crippen molar-refractivity contribution in [1.29, 1.82) is 0 Å². The lowest BCUT2D eigenvalue weighted by atomic mass is 10.0. The van der Waals surface area contributed by atoms with Crippen LogP contribution in [0.2, 0.25) is 0 Å². The summed E-state index contributed by atoms with van der Waals surface area (Å²) in [6, 6.07) is 6.77. The maximum atomic E-state index is 12.6. The summed E-state index contributed by atoms with van der Waals surface area (Å²) in [5, 5.41) is 0. The predicted molar refractivity (Wildman–Crippen MR) is 136 cm³/mol. The fraction of sp³-hybridized carbons (Fsp3) is 0.714. The molecule has 0 aliphatic rings. The lowest BCUT2D eigenvalue weighted by molar-refractivity contribution is 0.0381. The normalized spacial score (nSPS) is 12.3. The second-order valence-electron chi connectivity index (χ2n) is 8.36. The average Bonchev–Trinajstić information content (AvgIpc) is 2.84. The number of rotatable bonds is 16. The minimum atomic E-state index is -0.444. The van der Waals surface area contributed by atoms with Crippen molar-refractivity contribution in [1.82, 2.24) is 0 Å². The van der Waals surface area contributed by atoms with Crippen LogP contribution in [0.4, 0.5) is 0 Å². The van der Waals surface area contributed by atoms with E-state index >= 15 is 0 Å². The van der Waals surface area contributed by atoms with Crippen LogP contribution in [0.1, 0.15) is 114 Å². The molecular weight excluding hydrogens is 416 g/mol.